The van der Waals surface area contributed by atoms with Crippen LogP contribution in [0, 0.1) is 18.8 Å². The fraction of sp³-hybridized carbons (Fsp3) is 0.651. The number of aromatic nitrogens is 1. The van der Waals surface area contributed by atoms with Crippen molar-refractivity contribution in [2.24, 2.45) is 11.8 Å². The van der Waals surface area contributed by atoms with Crippen LogP contribution in [0.25, 0.3) is 10.9 Å². The zero-order valence-corrected chi connectivity index (χ0v) is 34.1. The average Bonchev–Trinajstić information content (AvgIpc) is 3.93. The molecule has 2 aromatic rings. The van der Waals surface area contributed by atoms with Crippen LogP contribution in [-0.4, -0.2) is 127 Å². The second-order valence-corrected chi connectivity index (χ2v) is 16.3. The van der Waals surface area contributed by atoms with Gasteiger partial charge in [0.25, 0.3) is 11.8 Å². The maximum Gasteiger partial charge on any atom is 0.409 e. The molecule has 2 aliphatic heterocycles. The summed E-state index contributed by atoms with van der Waals surface area (Å²) in [5.74, 6) is -0.831. The molecule has 1 aromatic heterocycles. The van der Waals surface area contributed by atoms with Crippen molar-refractivity contribution in [1.82, 2.24) is 30.3 Å². The van der Waals surface area contributed by atoms with Gasteiger partial charge in [0, 0.05) is 57.1 Å². The van der Waals surface area contributed by atoms with E-state index in [-0.39, 0.29) is 74.8 Å². The summed E-state index contributed by atoms with van der Waals surface area (Å²) in [6, 6.07) is 5.32. The Bertz CT molecular complexity index is 1790. The molecule has 3 heterocycles. The number of aryl methyl sites for hydroxylation is 1. The topological polar surface area (TPSA) is 177 Å². The van der Waals surface area contributed by atoms with Gasteiger partial charge in [-0.2, -0.15) is 0 Å². The van der Waals surface area contributed by atoms with Crippen LogP contribution < -0.4 is 15.4 Å². The van der Waals surface area contributed by atoms with Gasteiger partial charge in [0.1, 0.15) is 23.5 Å². The molecule has 15 heteroatoms. The van der Waals surface area contributed by atoms with Gasteiger partial charge in [0.2, 0.25) is 11.8 Å². The number of hydrogen-bond acceptors (Lipinski definition) is 10. The highest BCUT2D eigenvalue weighted by Gasteiger charge is 2.35. The third-order valence-electron chi connectivity index (χ3n) is 11.9. The number of piperazine rings is 1. The van der Waals surface area contributed by atoms with Crippen LogP contribution in [0.3, 0.4) is 0 Å². The molecule has 0 radical (unpaired) electrons. The van der Waals surface area contributed by atoms with Crippen molar-refractivity contribution in [2.75, 3.05) is 59.1 Å². The van der Waals surface area contributed by atoms with Crippen LogP contribution in [-0.2, 0) is 28.7 Å². The van der Waals surface area contributed by atoms with Crippen molar-refractivity contribution < 1.29 is 43.0 Å². The molecule has 4 aliphatic rings. The first kappa shape index (κ1) is 42.7. The highest BCUT2D eigenvalue weighted by molar-refractivity contribution is 5.99. The monoisotopic (exact) mass is 804 g/mol. The van der Waals surface area contributed by atoms with E-state index < -0.39 is 30.1 Å². The van der Waals surface area contributed by atoms with Gasteiger partial charge in [-0.1, -0.05) is 38.7 Å². The molecule has 15 nitrogen and oxygen atoms in total. The molecule has 5 amide bonds. The Morgan fingerprint density at radius 1 is 0.862 bits per heavy atom. The van der Waals surface area contributed by atoms with Crippen molar-refractivity contribution in [1.29, 1.82) is 0 Å². The van der Waals surface area contributed by atoms with Crippen molar-refractivity contribution in [3.63, 3.8) is 0 Å². The number of unbranched alkanes of at least 4 members (excludes halogenated alkanes) is 1. The van der Waals surface area contributed by atoms with Gasteiger partial charge in [-0.05, 0) is 87.8 Å². The number of likely N-dealkylation sites (tertiary alicyclic amines) is 1. The third-order valence-corrected chi connectivity index (χ3v) is 11.9. The molecule has 58 heavy (non-hydrogen) atoms. The Morgan fingerprint density at radius 2 is 1.60 bits per heavy atom. The molecule has 4 fully saturated rings. The summed E-state index contributed by atoms with van der Waals surface area (Å²) in [7, 11) is 0. The van der Waals surface area contributed by atoms with E-state index in [9.17, 15) is 28.8 Å². The van der Waals surface area contributed by atoms with Crippen LogP contribution in [0.1, 0.15) is 106 Å². The maximum atomic E-state index is 14.0. The summed E-state index contributed by atoms with van der Waals surface area (Å²) >= 11 is 0. The zero-order chi connectivity index (χ0) is 41.0. The van der Waals surface area contributed by atoms with Gasteiger partial charge >= 0.3 is 12.1 Å². The predicted molar refractivity (Wildman–Crippen MR) is 215 cm³/mol. The van der Waals surface area contributed by atoms with Crippen molar-refractivity contribution >= 4 is 46.6 Å². The first-order valence-corrected chi connectivity index (χ1v) is 21.4. The van der Waals surface area contributed by atoms with E-state index in [4.69, 9.17) is 14.2 Å². The Balaban J connectivity index is 1.13. The van der Waals surface area contributed by atoms with Crippen molar-refractivity contribution in [3.8, 4) is 5.75 Å². The number of pyridine rings is 1. The van der Waals surface area contributed by atoms with Gasteiger partial charge in [0.05, 0.1) is 18.7 Å². The lowest BCUT2D eigenvalue weighted by atomic mass is 9.85. The Kier molecular flexibility index (Phi) is 15.2. The third kappa shape index (κ3) is 11.4. The minimum atomic E-state index is -1.09. The largest absolute Gasteiger partial charge is 0.483 e. The summed E-state index contributed by atoms with van der Waals surface area (Å²) in [5.41, 5.74) is 1.33. The number of nitrogens with one attached hydrogen (secondary N) is 2. The summed E-state index contributed by atoms with van der Waals surface area (Å²) in [4.78, 5) is 89.3. The minimum absolute atomic E-state index is 0.00311. The second kappa shape index (κ2) is 20.6. The van der Waals surface area contributed by atoms with E-state index in [2.05, 4.69) is 15.6 Å². The molecule has 316 valence electrons. The van der Waals surface area contributed by atoms with E-state index >= 15 is 0 Å². The van der Waals surface area contributed by atoms with Crippen LogP contribution in [0.2, 0.25) is 0 Å². The lowest BCUT2D eigenvalue weighted by Crippen LogP contribution is -2.56. The molecule has 0 bridgehead atoms. The highest BCUT2D eigenvalue weighted by Crippen LogP contribution is 2.29. The molecule has 0 unspecified atom stereocenters. The lowest BCUT2D eigenvalue weighted by Gasteiger charge is -2.36. The predicted octanol–water partition coefficient (Wildman–Crippen LogP) is 4.52. The number of carbonyl (C=O) groups excluding carboxylic acids is 6. The van der Waals surface area contributed by atoms with Crippen molar-refractivity contribution in [3.05, 3.63) is 35.5 Å². The zero-order valence-electron chi connectivity index (χ0n) is 34.1. The smallest absolute Gasteiger partial charge is 0.409 e. The molecule has 2 N–H and O–H groups in total. The number of nitrogens with zero attached hydrogens (tertiary/aromatic N) is 4. The maximum absolute atomic E-state index is 14.0. The number of benzene rings is 1. The second-order valence-electron chi connectivity index (χ2n) is 16.3. The summed E-state index contributed by atoms with van der Waals surface area (Å²) in [5, 5.41) is 6.45. The number of fused-ring (bicyclic) bond motifs is 1. The molecule has 6 rings (SSSR count). The molecular weight excluding hydrogens is 745 g/mol. The number of amides is 5. The molecular formula is C43H60N6O9. The molecule has 1 aromatic carbocycles. The van der Waals surface area contributed by atoms with E-state index in [1.807, 2.05) is 26.0 Å². The normalized spacial score (nSPS) is 19.1. The van der Waals surface area contributed by atoms with E-state index in [1.165, 1.54) is 12.5 Å². The molecule has 2 saturated heterocycles. The van der Waals surface area contributed by atoms with Gasteiger partial charge < -0.3 is 39.5 Å². The van der Waals surface area contributed by atoms with Gasteiger partial charge in [0.15, 0.2) is 6.61 Å². The standard InChI is InChI=1S/C43H60N6O9/c1-3-4-23-56-43(55)48-21-19-47(20-22-48)42(54)33(16-17-39(51)58-27-31-9-5-6-10-31)46-40(52)35-25-37(32-15-14-29(2)24-34(32)45-35)57-28-38(50)49-18-8-13-36(49)41(53)44-26-30-11-7-12-30/h14-15,24-25,30-31,33,36H,3-13,16-23,26-28H2,1-2H3,(H,44,53)(H,46,52)/t33-,36-/m0/s1. The Labute approximate surface area is 340 Å². The molecule has 2 aliphatic carbocycles. The van der Waals surface area contributed by atoms with Crippen LogP contribution >= 0.6 is 0 Å². The molecule has 2 atom stereocenters. The van der Waals surface area contributed by atoms with Crippen molar-refractivity contribution in [2.45, 2.75) is 109 Å². The molecule has 0 spiro atoms. The number of ether oxygens (including phenoxy) is 3. The van der Waals surface area contributed by atoms with E-state index in [1.54, 1.807) is 20.8 Å². The Hall–Kier alpha value is -4.95. The SMILES string of the molecule is CCCCOC(=O)N1CCN(C(=O)[C@H](CCC(=O)OCC2CCCC2)NC(=O)c2cc(OCC(=O)N3CCC[C@H]3C(=O)NCC3CCC3)c3ccc(C)cc3n2)CC1. The van der Waals surface area contributed by atoms with Crippen LogP contribution in [0.5, 0.6) is 5.75 Å². The first-order chi connectivity index (χ1) is 28.1. The van der Waals surface area contributed by atoms with Gasteiger partial charge in [-0.15, -0.1) is 0 Å². The highest BCUT2D eigenvalue weighted by atomic mass is 16.6. The number of esters is 1. The van der Waals surface area contributed by atoms with E-state index in [0.717, 1.165) is 56.9 Å². The fourth-order valence-electron chi connectivity index (χ4n) is 8.10. The van der Waals surface area contributed by atoms with Gasteiger partial charge in [-0.3, -0.25) is 24.0 Å². The Morgan fingerprint density at radius 3 is 2.33 bits per heavy atom. The summed E-state index contributed by atoms with van der Waals surface area (Å²) in [6.07, 6.45) is 10.2. The average molecular weight is 805 g/mol. The van der Waals surface area contributed by atoms with Crippen LogP contribution in [0.15, 0.2) is 24.3 Å². The minimum Gasteiger partial charge on any atom is -0.483 e. The molecule has 2 saturated carbocycles. The number of carbonyl (C=O) groups is 6. The summed E-state index contributed by atoms with van der Waals surface area (Å²) < 4.78 is 17.0. The van der Waals surface area contributed by atoms with Gasteiger partial charge in [-0.25, -0.2) is 9.78 Å². The first-order valence-electron chi connectivity index (χ1n) is 21.4. The number of rotatable bonds is 17. The lowest BCUT2D eigenvalue weighted by molar-refractivity contribution is -0.145. The number of hydrogen-bond donors (Lipinski definition) is 2. The fourth-order valence-corrected chi connectivity index (χ4v) is 8.10. The van der Waals surface area contributed by atoms with E-state index in [0.29, 0.717) is 61.9 Å². The van der Waals surface area contributed by atoms with Crippen LogP contribution in [0.4, 0.5) is 4.79 Å². The summed E-state index contributed by atoms with van der Waals surface area (Å²) in [6.45, 7) is 6.35. The quantitative estimate of drug-likeness (QED) is 0.171.